The Hall–Kier alpha value is -0.120. The molecule has 0 rings (SSSR count). The molecule has 0 amide bonds. The quantitative estimate of drug-likeness (QED) is 0.589. The third-order valence-corrected chi connectivity index (χ3v) is 1.68. The zero-order valence-corrected chi connectivity index (χ0v) is 8.95. The van der Waals surface area contributed by atoms with Crippen molar-refractivity contribution in [3.8, 4) is 0 Å². The molecule has 0 saturated heterocycles. The molecule has 0 heterocycles. The van der Waals surface area contributed by atoms with Crippen molar-refractivity contribution >= 4 is 0 Å². The number of aliphatic hydroxyl groups is 1. The Balaban J connectivity index is 3.53. The lowest BCUT2D eigenvalue weighted by Crippen LogP contribution is -2.22. The summed E-state index contributed by atoms with van der Waals surface area (Å²) in [6.45, 7) is 8.12. The summed E-state index contributed by atoms with van der Waals surface area (Å²) in [5.74, 6) is 0.620. The van der Waals surface area contributed by atoms with Crippen LogP contribution in [0.4, 0.5) is 0 Å². The Kier molecular flexibility index (Phi) is 8.40. The summed E-state index contributed by atoms with van der Waals surface area (Å²) in [7, 11) is 0. The molecule has 80 valence electrons. The van der Waals surface area contributed by atoms with Crippen molar-refractivity contribution in [2.24, 2.45) is 5.92 Å². The van der Waals surface area contributed by atoms with Gasteiger partial charge in [0.2, 0.25) is 0 Å². The molecule has 0 aromatic rings. The molecule has 1 unspecified atom stereocenters. The fourth-order valence-corrected chi connectivity index (χ4v) is 1.23. The molecule has 0 radical (unpaired) electrons. The standard InChI is InChI=1S/C10H22O3/c1-4-13-10(7-9(2)3)8-12-6-5-11/h9-11H,4-8H2,1-3H3. The molecule has 0 saturated carbocycles. The van der Waals surface area contributed by atoms with Crippen molar-refractivity contribution in [2.75, 3.05) is 26.4 Å². The number of ether oxygens (including phenoxy) is 2. The highest BCUT2D eigenvalue weighted by atomic mass is 16.5. The van der Waals surface area contributed by atoms with E-state index in [1.54, 1.807) is 0 Å². The number of hydrogen-bond donors (Lipinski definition) is 1. The van der Waals surface area contributed by atoms with Gasteiger partial charge in [-0.1, -0.05) is 13.8 Å². The molecule has 0 fully saturated rings. The van der Waals surface area contributed by atoms with E-state index in [0.29, 0.717) is 19.1 Å². The SMILES string of the molecule is CCOC(COCCO)CC(C)C. The van der Waals surface area contributed by atoms with Crippen LogP contribution in [0.3, 0.4) is 0 Å². The molecule has 0 aromatic carbocycles. The Morgan fingerprint density at radius 1 is 1.31 bits per heavy atom. The van der Waals surface area contributed by atoms with Crippen LogP contribution < -0.4 is 0 Å². The van der Waals surface area contributed by atoms with Gasteiger partial charge in [0, 0.05) is 6.61 Å². The maximum atomic E-state index is 8.53. The van der Waals surface area contributed by atoms with Crippen molar-refractivity contribution in [1.82, 2.24) is 0 Å². The zero-order valence-electron chi connectivity index (χ0n) is 8.95. The van der Waals surface area contributed by atoms with E-state index in [0.717, 1.165) is 13.0 Å². The molecular weight excluding hydrogens is 168 g/mol. The second-order valence-electron chi connectivity index (χ2n) is 3.51. The third-order valence-electron chi connectivity index (χ3n) is 1.68. The van der Waals surface area contributed by atoms with Gasteiger partial charge >= 0.3 is 0 Å². The second kappa shape index (κ2) is 8.48. The first kappa shape index (κ1) is 12.9. The van der Waals surface area contributed by atoms with Gasteiger partial charge in [0.15, 0.2) is 0 Å². The van der Waals surface area contributed by atoms with Crippen molar-refractivity contribution < 1.29 is 14.6 Å². The molecular formula is C10H22O3. The molecule has 1 atom stereocenters. The van der Waals surface area contributed by atoms with Crippen LogP contribution in [0.1, 0.15) is 27.2 Å². The molecule has 0 aliphatic heterocycles. The molecule has 1 N–H and O–H groups in total. The topological polar surface area (TPSA) is 38.7 Å². The van der Waals surface area contributed by atoms with Crippen LogP contribution in [0.25, 0.3) is 0 Å². The molecule has 0 aromatic heterocycles. The van der Waals surface area contributed by atoms with E-state index in [-0.39, 0.29) is 12.7 Å². The molecule has 0 spiro atoms. The van der Waals surface area contributed by atoms with E-state index in [1.807, 2.05) is 6.92 Å². The molecule has 0 aliphatic rings. The highest BCUT2D eigenvalue weighted by Crippen LogP contribution is 2.08. The predicted molar refractivity (Wildman–Crippen MR) is 52.8 cm³/mol. The van der Waals surface area contributed by atoms with Gasteiger partial charge in [-0.2, -0.15) is 0 Å². The highest BCUT2D eigenvalue weighted by molar-refractivity contribution is 4.59. The number of aliphatic hydroxyl groups excluding tert-OH is 1. The van der Waals surface area contributed by atoms with E-state index >= 15 is 0 Å². The van der Waals surface area contributed by atoms with Gasteiger partial charge in [0.05, 0.1) is 25.9 Å². The average molecular weight is 190 g/mol. The van der Waals surface area contributed by atoms with E-state index in [4.69, 9.17) is 14.6 Å². The maximum absolute atomic E-state index is 8.53. The Morgan fingerprint density at radius 3 is 2.46 bits per heavy atom. The van der Waals surface area contributed by atoms with Gasteiger partial charge < -0.3 is 14.6 Å². The fraction of sp³-hybridized carbons (Fsp3) is 1.00. The van der Waals surface area contributed by atoms with Gasteiger partial charge in [-0.3, -0.25) is 0 Å². The van der Waals surface area contributed by atoms with Crippen LogP contribution in [0.2, 0.25) is 0 Å². The van der Waals surface area contributed by atoms with E-state index < -0.39 is 0 Å². The zero-order chi connectivity index (χ0) is 10.1. The summed E-state index contributed by atoms with van der Waals surface area (Å²) in [5, 5.41) is 8.53. The van der Waals surface area contributed by atoms with E-state index in [1.165, 1.54) is 0 Å². The Bertz CT molecular complexity index is 104. The third kappa shape index (κ3) is 8.22. The maximum Gasteiger partial charge on any atom is 0.0810 e. The summed E-state index contributed by atoms with van der Waals surface area (Å²) < 4.78 is 10.7. The van der Waals surface area contributed by atoms with Crippen molar-refractivity contribution in [3.63, 3.8) is 0 Å². The lowest BCUT2D eigenvalue weighted by Gasteiger charge is -2.18. The van der Waals surface area contributed by atoms with Gasteiger partial charge in [-0.25, -0.2) is 0 Å². The molecule has 3 heteroatoms. The number of rotatable bonds is 8. The van der Waals surface area contributed by atoms with Crippen molar-refractivity contribution in [2.45, 2.75) is 33.3 Å². The van der Waals surface area contributed by atoms with Crippen LogP contribution in [0.5, 0.6) is 0 Å². The lowest BCUT2D eigenvalue weighted by atomic mass is 10.1. The summed E-state index contributed by atoms with van der Waals surface area (Å²) in [6.07, 6.45) is 1.19. The van der Waals surface area contributed by atoms with Crippen LogP contribution in [-0.4, -0.2) is 37.6 Å². The van der Waals surface area contributed by atoms with E-state index in [2.05, 4.69) is 13.8 Å². The van der Waals surface area contributed by atoms with Crippen LogP contribution in [-0.2, 0) is 9.47 Å². The highest BCUT2D eigenvalue weighted by Gasteiger charge is 2.10. The summed E-state index contributed by atoms with van der Waals surface area (Å²) >= 11 is 0. The Morgan fingerprint density at radius 2 is 2.00 bits per heavy atom. The van der Waals surface area contributed by atoms with Crippen molar-refractivity contribution in [1.29, 1.82) is 0 Å². The van der Waals surface area contributed by atoms with Gasteiger partial charge in [-0.05, 0) is 19.3 Å². The smallest absolute Gasteiger partial charge is 0.0810 e. The molecule has 3 nitrogen and oxygen atoms in total. The lowest BCUT2D eigenvalue weighted by molar-refractivity contribution is -0.0278. The molecule has 13 heavy (non-hydrogen) atoms. The normalized spacial score (nSPS) is 13.6. The summed E-state index contributed by atoms with van der Waals surface area (Å²) in [4.78, 5) is 0. The predicted octanol–water partition coefficient (Wildman–Crippen LogP) is 1.45. The molecule has 0 bridgehead atoms. The van der Waals surface area contributed by atoms with E-state index in [9.17, 15) is 0 Å². The first-order valence-electron chi connectivity index (χ1n) is 5.00. The van der Waals surface area contributed by atoms with Crippen LogP contribution in [0, 0.1) is 5.92 Å². The average Bonchev–Trinajstić information content (AvgIpc) is 2.04. The summed E-state index contributed by atoms with van der Waals surface area (Å²) in [5.41, 5.74) is 0. The minimum Gasteiger partial charge on any atom is -0.394 e. The van der Waals surface area contributed by atoms with Crippen LogP contribution >= 0.6 is 0 Å². The minimum atomic E-state index is 0.0839. The minimum absolute atomic E-state index is 0.0839. The first-order chi connectivity index (χ1) is 6.20. The largest absolute Gasteiger partial charge is 0.394 e. The fourth-order valence-electron chi connectivity index (χ4n) is 1.23. The van der Waals surface area contributed by atoms with Gasteiger partial charge in [0.25, 0.3) is 0 Å². The Labute approximate surface area is 81.0 Å². The second-order valence-corrected chi connectivity index (χ2v) is 3.51. The molecule has 0 aliphatic carbocycles. The number of hydrogen-bond acceptors (Lipinski definition) is 3. The first-order valence-corrected chi connectivity index (χ1v) is 5.00. The van der Waals surface area contributed by atoms with Crippen molar-refractivity contribution in [3.05, 3.63) is 0 Å². The van der Waals surface area contributed by atoms with Gasteiger partial charge in [0.1, 0.15) is 0 Å². The monoisotopic (exact) mass is 190 g/mol. The summed E-state index contributed by atoms with van der Waals surface area (Å²) in [6, 6.07) is 0. The van der Waals surface area contributed by atoms with Crippen LogP contribution in [0.15, 0.2) is 0 Å². The van der Waals surface area contributed by atoms with Gasteiger partial charge in [-0.15, -0.1) is 0 Å².